The number of thioether (sulfide) groups is 1. The van der Waals surface area contributed by atoms with E-state index in [2.05, 4.69) is 43.4 Å². The van der Waals surface area contributed by atoms with Gasteiger partial charge in [-0.05, 0) is 50.1 Å². The Hall–Kier alpha value is -1.94. The zero-order valence-electron chi connectivity index (χ0n) is 14.7. The third kappa shape index (κ3) is 5.03. The normalized spacial score (nSPS) is 13.2. The minimum absolute atomic E-state index is 0.0180. The molecule has 24 heavy (non-hydrogen) atoms. The Balaban J connectivity index is 1.98. The average Bonchev–Trinajstić information content (AvgIpc) is 2.61. The lowest BCUT2D eigenvalue weighted by atomic mass is 10.0. The van der Waals surface area contributed by atoms with E-state index in [9.17, 15) is 4.79 Å². The summed E-state index contributed by atoms with van der Waals surface area (Å²) in [5.41, 5.74) is 2.32. The third-order valence-electron chi connectivity index (χ3n) is 3.95. The Morgan fingerprint density at radius 1 is 1.12 bits per heavy atom. The average molecular weight is 343 g/mol. The molecule has 3 nitrogen and oxygen atoms in total. The van der Waals surface area contributed by atoms with E-state index >= 15 is 0 Å². The molecule has 0 spiro atoms. The van der Waals surface area contributed by atoms with Crippen molar-refractivity contribution in [1.82, 2.24) is 5.32 Å². The van der Waals surface area contributed by atoms with Crippen LogP contribution in [0.5, 0.6) is 5.75 Å². The Bertz CT molecular complexity index is 652. The number of hydrogen-bond acceptors (Lipinski definition) is 3. The molecule has 0 bridgehead atoms. The summed E-state index contributed by atoms with van der Waals surface area (Å²) in [6.07, 6.45) is 0.847. The Morgan fingerprint density at radius 2 is 1.75 bits per heavy atom. The van der Waals surface area contributed by atoms with Crippen LogP contribution >= 0.6 is 11.8 Å². The van der Waals surface area contributed by atoms with Gasteiger partial charge in [-0.2, -0.15) is 0 Å². The van der Waals surface area contributed by atoms with Crippen molar-refractivity contribution in [3.05, 3.63) is 59.7 Å². The zero-order chi connectivity index (χ0) is 17.5. The highest BCUT2D eigenvalue weighted by atomic mass is 32.2. The number of rotatable bonds is 7. The van der Waals surface area contributed by atoms with E-state index in [1.165, 1.54) is 5.56 Å². The fraction of sp³-hybridized carbons (Fsp3) is 0.350. The van der Waals surface area contributed by atoms with Gasteiger partial charge in [-0.3, -0.25) is 4.79 Å². The van der Waals surface area contributed by atoms with Crippen molar-refractivity contribution in [2.24, 2.45) is 0 Å². The molecule has 0 aliphatic heterocycles. The standard InChI is InChI=1S/C20H25NO2S/c1-5-19(16-8-10-17(23-4)11-9-16)21-20(22)15(3)24-18-12-6-14(2)7-13-18/h6-13,15,19H,5H2,1-4H3,(H,21,22)/t15-,19+/m1/s1. The lowest BCUT2D eigenvalue weighted by molar-refractivity contribution is -0.121. The first-order valence-electron chi connectivity index (χ1n) is 8.21. The number of carbonyl (C=O) groups is 1. The molecule has 1 amide bonds. The fourth-order valence-corrected chi connectivity index (χ4v) is 3.30. The first-order chi connectivity index (χ1) is 11.5. The monoisotopic (exact) mass is 343 g/mol. The van der Waals surface area contributed by atoms with Gasteiger partial charge >= 0.3 is 0 Å². The van der Waals surface area contributed by atoms with E-state index < -0.39 is 0 Å². The maximum atomic E-state index is 12.5. The molecule has 1 N–H and O–H groups in total. The number of ether oxygens (including phenoxy) is 1. The summed E-state index contributed by atoms with van der Waals surface area (Å²) in [7, 11) is 1.65. The summed E-state index contributed by atoms with van der Waals surface area (Å²) >= 11 is 1.58. The van der Waals surface area contributed by atoms with Gasteiger partial charge in [-0.1, -0.05) is 36.8 Å². The maximum Gasteiger partial charge on any atom is 0.233 e. The number of aryl methyl sites for hydroxylation is 1. The van der Waals surface area contributed by atoms with Crippen molar-refractivity contribution in [1.29, 1.82) is 0 Å². The number of carbonyl (C=O) groups excluding carboxylic acids is 1. The van der Waals surface area contributed by atoms with Crippen molar-refractivity contribution < 1.29 is 9.53 Å². The molecular formula is C20H25NO2S. The maximum absolute atomic E-state index is 12.5. The molecule has 0 radical (unpaired) electrons. The van der Waals surface area contributed by atoms with Gasteiger partial charge in [-0.25, -0.2) is 0 Å². The molecule has 2 rings (SSSR count). The zero-order valence-corrected chi connectivity index (χ0v) is 15.5. The van der Waals surface area contributed by atoms with Gasteiger partial charge in [0.15, 0.2) is 0 Å². The molecular weight excluding hydrogens is 318 g/mol. The van der Waals surface area contributed by atoms with Crippen LogP contribution in [0.15, 0.2) is 53.4 Å². The van der Waals surface area contributed by atoms with Gasteiger partial charge in [0, 0.05) is 4.90 Å². The predicted molar refractivity (Wildman–Crippen MR) is 101 cm³/mol. The van der Waals surface area contributed by atoms with Crippen LogP contribution in [0.25, 0.3) is 0 Å². The molecule has 0 aliphatic rings. The predicted octanol–water partition coefficient (Wildman–Crippen LogP) is 4.75. The van der Waals surface area contributed by atoms with Crippen molar-refractivity contribution in [3.8, 4) is 5.75 Å². The van der Waals surface area contributed by atoms with Crippen molar-refractivity contribution >= 4 is 17.7 Å². The van der Waals surface area contributed by atoms with Gasteiger partial charge in [0.05, 0.1) is 18.4 Å². The number of benzene rings is 2. The second-order valence-corrected chi connectivity index (χ2v) is 7.23. The first kappa shape index (κ1) is 18.4. The summed E-state index contributed by atoms with van der Waals surface area (Å²) < 4.78 is 5.19. The van der Waals surface area contributed by atoms with Crippen LogP contribution in [0.1, 0.15) is 37.4 Å². The summed E-state index contributed by atoms with van der Waals surface area (Å²) in [5.74, 6) is 0.881. The van der Waals surface area contributed by atoms with E-state index in [0.29, 0.717) is 0 Å². The van der Waals surface area contributed by atoms with Gasteiger partial charge in [0.25, 0.3) is 0 Å². The Labute approximate surface area is 148 Å². The Kier molecular flexibility index (Phi) is 6.73. The number of hydrogen-bond donors (Lipinski definition) is 1. The molecule has 2 atom stereocenters. The molecule has 0 heterocycles. The summed E-state index contributed by atoms with van der Waals surface area (Å²) in [4.78, 5) is 13.6. The quantitative estimate of drug-likeness (QED) is 0.737. The van der Waals surface area contributed by atoms with Crippen molar-refractivity contribution in [3.63, 3.8) is 0 Å². The van der Waals surface area contributed by atoms with E-state index in [4.69, 9.17) is 4.74 Å². The van der Waals surface area contributed by atoms with Crippen LogP contribution in [-0.4, -0.2) is 18.3 Å². The summed E-state index contributed by atoms with van der Waals surface area (Å²) in [6, 6.07) is 16.1. The minimum Gasteiger partial charge on any atom is -0.497 e. The second kappa shape index (κ2) is 8.78. The lowest BCUT2D eigenvalue weighted by Crippen LogP contribution is -2.34. The molecule has 2 aromatic rings. The molecule has 0 saturated carbocycles. The topological polar surface area (TPSA) is 38.3 Å². The lowest BCUT2D eigenvalue weighted by Gasteiger charge is -2.20. The number of nitrogens with one attached hydrogen (secondary N) is 1. The number of amides is 1. The molecule has 4 heteroatoms. The van der Waals surface area contributed by atoms with Crippen LogP contribution in [0.4, 0.5) is 0 Å². The van der Waals surface area contributed by atoms with Crippen molar-refractivity contribution in [2.45, 2.75) is 43.4 Å². The first-order valence-corrected chi connectivity index (χ1v) is 9.09. The molecule has 0 aromatic heterocycles. The number of methoxy groups -OCH3 is 1. The summed E-state index contributed by atoms with van der Waals surface area (Å²) in [5, 5.41) is 3.01. The van der Waals surface area contributed by atoms with Crippen LogP contribution in [-0.2, 0) is 4.79 Å². The molecule has 0 fully saturated rings. The van der Waals surface area contributed by atoms with Gasteiger partial charge in [-0.15, -0.1) is 11.8 Å². The van der Waals surface area contributed by atoms with Gasteiger partial charge < -0.3 is 10.1 Å². The van der Waals surface area contributed by atoms with Crippen LogP contribution in [0, 0.1) is 6.92 Å². The van der Waals surface area contributed by atoms with E-state index in [-0.39, 0.29) is 17.2 Å². The van der Waals surface area contributed by atoms with Crippen LogP contribution in [0.2, 0.25) is 0 Å². The molecule has 128 valence electrons. The molecule has 0 saturated heterocycles. The highest BCUT2D eigenvalue weighted by molar-refractivity contribution is 8.00. The minimum atomic E-state index is -0.139. The van der Waals surface area contributed by atoms with Crippen molar-refractivity contribution in [2.75, 3.05) is 7.11 Å². The van der Waals surface area contributed by atoms with E-state index in [0.717, 1.165) is 22.6 Å². The second-order valence-electron chi connectivity index (χ2n) is 5.82. The van der Waals surface area contributed by atoms with E-state index in [1.54, 1.807) is 18.9 Å². The van der Waals surface area contributed by atoms with Crippen LogP contribution < -0.4 is 10.1 Å². The third-order valence-corrected chi connectivity index (χ3v) is 5.06. The Morgan fingerprint density at radius 3 is 2.29 bits per heavy atom. The summed E-state index contributed by atoms with van der Waals surface area (Å²) in [6.45, 7) is 6.08. The smallest absolute Gasteiger partial charge is 0.233 e. The molecule has 0 aliphatic carbocycles. The van der Waals surface area contributed by atoms with Gasteiger partial charge in [0.1, 0.15) is 5.75 Å². The SMILES string of the molecule is CC[C@H](NC(=O)[C@@H](C)Sc1ccc(C)cc1)c1ccc(OC)cc1. The molecule has 0 unspecified atom stereocenters. The largest absolute Gasteiger partial charge is 0.497 e. The van der Waals surface area contributed by atoms with Crippen LogP contribution in [0.3, 0.4) is 0 Å². The van der Waals surface area contributed by atoms with Gasteiger partial charge in [0.2, 0.25) is 5.91 Å². The van der Waals surface area contributed by atoms with E-state index in [1.807, 2.05) is 31.2 Å². The highest BCUT2D eigenvalue weighted by Crippen LogP contribution is 2.25. The fourth-order valence-electron chi connectivity index (χ4n) is 2.42. The highest BCUT2D eigenvalue weighted by Gasteiger charge is 2.19. The molecule has 2 aromatic carbocycles.